The Kier molecular flexibility index (Phi) is 2.17. The zero-order chi connectivity index (χ0) is 11.0. The monoisotopic (exact) mass is 209 g/mol. The third-order valence-corrected chi connectivity index (χ3v) is 3.17. The molecule has 80 valence electrons. The van der Waals surface area contributed by atoms with E-state index in [9.17, 15) is 0 Å². The lowest BCUT2D eigenvalue weighted by Gasteiger charge is -2.05. The second kappa shape index (κ2) is 3.67. The fourth-order valence-corrected chi connectivity index (χ4v) is 2.31. The van der Waals surface area contributed by atoms with E-state index in [2.05, 4.69) is 54.7 Å². The van der Waals surface area contributed by atoms with Crippen LogP contribution < -0.4 is 5.32 Å². The maximum atomic E-state index is 3.39. The number of fused-ring (bicyclic) bond motifs is 1. The van der Waals surface area contributed by atoms with E-state index < -0.39 is 0 Å². The summed E-state index contributed by atoms with van der Waals surface area (Å²) < 4.78 is 0. The zero-order valence-electron chi connectivity index (χ0n) is 9.46. The summed E-state index contributed by atoms with van der Waals surface area (Å²) in [5.41, 5.74) is 6.70. The van der Waals surface area contributed by atoms with Crippen LogP contribution >= 0.6 is 0 Å². The number of nitrogens with one attached hydrogen (secondary N) is 1. The molecule has 0 spiro atoms. The number of benzene rings is 2. The van der Waals surface area contributed by atoms with E-state index in [1.54, 1.807) is 0 Å². The van der Waals surface area contributed by atoms with Gasteiger partial charge in [0.05, 0.1) is 0 Å². The number of hydrogen-bond acceptors (Lipinski definition) is 1. The number of anilines is 1. The molecule has 1 nitrogen and oxygen atoms in total. The first-order valence-corrected chi connectivity index (χ1v) is 5.77. The van der Waals surface area contributed by atoms with Crippen molar-refractivity contribution in [3.63, 3.8) is 0 Å². The van der Waals surface area contributed by atoms with Gasteiger partial charge in [0.2, 0.25) is 0 Å². The van der Waals surface area contributed by atoms with Crippen LogP contribution in [0.15, 0.2) is 42.5 Å². The number of hydrogen-bond donors (Lipinski definition) is 1. The average molecular weight is 209 g/mol. The lowest BCUT2D eigenvalue weighted by Crippen LogP contribution is -1.90. The van der Waals surface area contributed by atoms with Gasteiger partial charge in [0.1, 0.15) is 0 Å². The lowest BCUT2D eigenvalue weighted by molar-refractivity contribution is 1.11. The molecule has 0 amide bonds. The van der Waals surface area contributed by atoms with Crippen molar-refractivity contribution in [2.75, 3.05) is 11.9 Å². The van der Waals surface area contributed by atoms with E-state index in [1.807, 2.05) is 0 Å². The molecule has 1 heterocycles. The lowest BCUT2D eigenvalue weighted by atomic mass is 10.0. The molecule has 0 bridgehead atoms. The molecule has 16 heavy (non-hydrogen) atoms. The van der Waals surface area contributed by atoms with Crippen LogP contribution in [0.4, 0.5) is 5.69 Å². The molecule has 2 aromatic carbocycles. The predicted octanol–water partition coefficient (Wildman–Crippen LogP) is 3.63. The fourth-order valence-electron chi connectivity index (χ4n) is 2.31. The third-order valence-electron chi connectivity index (χ3n) is 3.17. The molecule has 1 N–H and O–H groups in total. The molecule has 0 aromatic heterocycles. The second-order valence-corrected chi connectivity index (χ2v) is 4.42. The topological polar surface area (TPSA) is 12.0 Å². The van der Waals surface area contributed by atoms with Gasteiger partial charge in [-0.3, -0.25) is 0 Å². The first-order chi connectivity index (χ1) is 7.83. The van der Waals surface area contributed by atoms with E-state index in [1.165, 1.54) is 27.9 Å². The van der Waals surface area contributed by atoms with Gasteiger partial charge in [-0.2, -0.15) is 0 Å². The van der Waals surface area contributed by atoms with Crippen molar-refractivity contribution in [1.29, 1.82) is 0 Å². The van der Waals surface area contributed by atoms with Crippen molar-refractivity contribution in [2.24, 2.45) is 0 Å². The Balaban J connectivity index is 2.07. The number of aryl methyl sites for hydroxylation is 1. The zero-order valence-corrected chi connectivity index (χ0v) is 9.46. The molecule has 0 atom stereocenters. The van der Waals surface area contributed by atoms with Gasteiger partial charge in [0.15, 0.2) is 0 Å². The van der Waals surface area contributed by atoms with Crippen molar-refractivity contribution >= 4 is 5.69 Å². The summed E-state index contributed by atoms with van der Waals surface area (Å²) in [7, 11) is 0. The fraction of sp³-hybridized carbons (Fsp3) is 0.200. The van der Waals surface area contributed by atoms with E-state index in [-0.39, 0.29) is 0 Å². The van der Waals surface area contributed by atoms with Gasteiger partial charge >= 0.3 is 0 Å². The summed E-state index contributed by atoms with van der Waals surface area (Å²) in [6, 6.07) is 15.4. The SMILES string of the molecule is Cc1cccc(-c2ccc3c(c2)CCN3)c1. The Morgan fingerprint density at radius 3 is 2.75 bits per heavy atom. The minimum atomic E-state index is 1.08. The average Bonchev–Trinajstić information content (AvgIpc) is 2.75. The van der Waals surface area contributed by atoms with Gasteiger partial charge < -0.3 is 5.32 Å². The summed E-state index contributed by atoms with van der Waals surface area (Å²) in [6.45, 7) is 3.21. The molecule has 0 saturated carbocycles. The van der Waals surface area contributed by atoms with Gasteiger partial charge in [-0.25, -0.2) is 0 Å². The first-order valence-electron chi connectivity index (χ1n) is 5.77. The highest BCUT2D eigenvalue weighted by Gasteiger charge is 2.10. The first kappa shape index (κ1) is 9.46. The van der Waals surface area contributed by atoms with Crippen molar-refractivity contribution in [3.8, 4) is 11.1 Å². The quantitative estimate of drug-likeness (QED) is 0.756. The van der Waals surface area contributed by atoms with Gasteiger partial charge in [-0.15, -0.1) is 0 Å². The minimum Gasteiger partial charge on any atom is -0.384 e. The number of rotatable bonds is 1. The summed E-state index contributed by atoms with van der Waals surface area (Å²) in [6.07, 6.45) is 1.15. The van der Waals surface area contributed by atoms with E-state index in [4.69, 9.17) is 0 Å². The molecule has 3 rings (SSSR count). The highest BCUT2D eigenvalue weighted by atomic mass is 14.9. The van der Waals surface area contributed by atoms with Gasteiger partial charge in [0.25, 0.3) is 0 Å². The molecule has 1 aliphatic rings. The Bertz CT molecular complexity index is 529. The molecule has 1 heteroatoms. The summed E-state index contributed by atoms with van der Waals surface area (Å²) >= 11 is 0. The highest BCUT2D eigenvalue weighted by Crippen LogP contribution is 2.28. The molecule has 0 fully saturated rings. The van der Waals surface area contributed by atoms with Crippen molar-refractivity contribution < 1.29 is 0 Å². The van der Waals surface area contributed by atoms with Crippen LogP contribution in [0, 0.1) is 6.92 Å². The normalized spacial score (nSPS) is 13.3. The summed E-state index contributed by atoms with van der Waals surface area (Å²) in [5, 5.41) is 3.39. The van der Waals surface area contributed by atoms with Crippen LogP contribution in [0.2, 0.25) is 0 Å². The highest BCUT2D eigenvalue weighted by molar-refractivity contribution is 5.70. The molecular weight excluding hydrogens is 194 g/mol. The van der Waals surface area contributed by atoms with Crippen molar-refractivity contribution in [2.45, 2.75) is 13.3 Å². The largest absolute Gasteiger partial charge is 0.384 e. The molecule has 0 radical (unpaired) electrons. The van der Waals surface area contributed by atoms with Gasteiger partial charge in [0, 0.05) is 12.2 Å². The maximum Gasteiger partial charge on any atom is 0.0373 e. The molecule has 0 unspecified atom stereocenters. The molecule has 0 saturated heterocycles. The van der Waals surface area contributed by atoms with Crippen LogP contribution in [-0.4, -0.2) is 6.54 Å². The molecule has 0 aliphatic carbocycles. The van der Waals surface area contributed by atoms with Crippen LogP contribution in [0.1, 0.15) is 11.1 Å². The van der Waals surface area contributed by atoms with Gasteiger partial charge in [-0.1, -0.05) is 35.9 Å². The second-order valence-electron chi connectivity index (χ2n) is 4.42. The Hall–Kier alpha value is -1.76. The smallest absolute Gasteiger partial charge is 0.0373 e. The Morgan fingerprint density at radius 2 is 1.88 bits per heavy atom. The van der Waals surface area contributed by atoms with Crippen LogP contribution in [0.3, 0.4) is 0 Å². The van der Waals surface area contributed by atoms with Crippen molar-refractivity contribution in [1.82, 2.24) is 0 Å². The Labute approximate surface area is 96.1 Å². The standard InChI is InChI=1S/C15H15N/c1-11-3-2-4-12(9-11)13-5-6-15-14(10-13)7-8-16-15/h2-6,9-10,16H,7-8H2,1H3. The van der Waals surface area contributed by atoms with E-state index in [0.29, 0.717) is 0 Å². The predicted molar refractivity (Wildman–Crippen MR) is 68.8 cm³/mol. The van der Waals surface area contributed by atoms with Crippen LogP contribution in [0.25, 0.3) is 11.1 Å². The molecule has 2 aromatic rings. The van der Waals surface area contributed by atoms with Crippen LogP contribution in [0.5, 0.6) is 0 Å². The minimum absolute atomic E-state index is 1.08. The summed E-state index contributed by atoms with van der Waals surface area (Å²) in [5.74, 6) is 0. The van der Waals surface area contributed by atoms with E-state index >= 15 is 0 Å². The van der Waals surface area contributed by atoms with Crippen molar-refractivity contribution in [3.05, 3.63) is 53.6 Å². The molecule has 1 aliphatic heterocycles. The van der Waals surface area contributed by atoms with Gasteiger partial charge in [-0.05, 0) is 42.2 Å². The Morgan fingerprint density at radius 1 is 1.00 bits per heavy atom. The summed E-state index contributed by atoms with van der Waals surface area (Å²) in [4.78, 5) is 0. The maximum absolute atomic E-state index is 3.39. The molecular formula is C15H15N. The van der Waals surface area contributed by atoms with Crippen LogP contribution in [-0.2, 0) is 6.42 Å². The van der Waals surface area contributed by atoms with E-state index in [0.717, 1.165) is 13.0 Å². The third kappa shape index (κ3) is 1.58.